The average molecular weight is 242 g/mol. The molecule has 5 heteroatoms. The molecule has 0 aromatic heterocycles. The van der Waals surface area contributed by atoms with E-state index >= 15 is 0 Å². The van der Waals surface area contributed by atoms with Crippen molar-refractivity contribution in [3.8, 4) is 0 Å². The number of benzene rings is 1. The monoisotopic (exact) mass is 242 g/mol. The molecule has 1 aromatic rings. The van der Waals surface area contributed by atoms with Crippen molar-refractivity contribution in [1.82, 2.24) is 0 Å². The minimum atomic E-state index is -1.60. The molecule has 1 atom stereocenters. The van der Waals surface area contributed by atoms with Gasteiger partial charge in [0.05, 0.1) is 6.42 Å². The molecule has 92 valence electrons. The van der Waals surface area contributed by atoms with E-state index < -0.39 is 29.6 Å². The van der Waals surface area contributed by atoms with Gasteiger partial charge in [0.1, 0.15) is 5.60 Å². The number of hydrogen-bond donors (Lipinski definition) is 2. The fourth-order valence-corrected chi connectivity index (χ4v) is 2.04. The summed E-state index contributed by atoms with van der Waals surface area (Å²) in [5, 5.41) is 19.1. The van der Waals surface area contributed by atoms with E-state index in [9.17, 15) is 18.7 Å². The molecule has 1 aliphatic carbocycles. The van der Waals surface area contributed by atoms with Gasteiger partial charge in [-0.1, -0.05) is 6.07 Å². The van der Waals surface area contributed by atoms with Crippen LogP contribution in [-0.4, -0.2) is 16.2 Å². The van der Waals surface area contributed by atoms with Gasteiger partial charge in [-0.05, 0) is 36.5 Å². The fraction of sp³-hybridized carbons (Fsp3) is 0.417. The lowest BCUT2D eigenvalue weighted by molar-refractivity contribution is -0.144. The van der Waals surface area contributed by atoms with Crippen LogP contribution >= 0.6 is 0 Å². The summed E-state index contributed by atoms with van der Waals surface area (Å²) >= 11 is 0. The van der Waals surface area contributed by atoms with E-state index in [-0.39, 0.29) is 11.5 Å². The van der Waals surface area contributed by atoms with Crippen molar-refractivity contribution >= 4 is 5.97 Å². The second-order valence-electron chi connectivity index (χ2n) is 4.40. The van der Waals surface area contributed by atoms with Gasteiger partial charge in [0.25, 0.3) is 0 Å². The molecule has 1 unspecified atom stereocenters. The molecule has 1 fully saturated rings. The van der Waals surface area contributed by atoms with Gasteiger partial charge in [0.2, 0.25) is 0 Å². The fourth-order valence-electron chi connectivity index (χ4n) is 2.04. The minimum absolute atomic E-state index is 0.126. The molecule has 0 amide bonds. The molecule has 0 aliphatic heterocycles. The van der Waals surface area contributed by atoms with E-state index in [1.54, 1.807) is 0 Å². The Labute approximate surface area is 96.7 Å². The van der Waals surface area contributed by atoms with Crippen LogP contribution in [0.15, 0.2) is 18.2 Å². The van der Waals surface area contributed by atoms with E-state index in [0.29, 0.717) is 12.8 Å². The van der Waals surface area contributed by atoms with Gasteiger partial charge in [0, 0.05) is 0 Å². The van der Waals surface area contributed by atoms with Crippen LogP contribution in [0.2, 0.25) is 0 Å². The Morgan fingerprint density at radius 3 is 2.47 bits per heavy atom. The first-order valence-corrected chi connectivity index (χ1v) is 5.33. The number of hydrogen-bond acceptors (Lipinski definition) is 2. The van der Waals surface area contributed by atoms with Crippen molar-refractivity contribution < 1.29 is 23.8 Å². The molecule has 2 N–H and O–H groups in total. The summed E-state index contributed by atoms with van der Waals surface area (Å²) in [6.07, 6.45) is 0.897. The summed E-state index contributed by atoms with van der Waals surface area (Å²) in [6, 6.07) is 3.01. The molecule has 0 heterocycles. The second kappa shape index (κ2) is 4.07. The van der Waals surface area contributed by atoms with Crippen molar-refractivity contribution in [3.05, 3.63) is 35.4 Å². The maximum atomic E-state index is 13.1. The molecule has 3 nitrogen and oxygen atoms in total. The third-order valence-electron chi connectivity index (χ3n) is 3.09. The molecule has 1 aromatic carbocycles. The van der Waals surface area contributed by atoms with Crippen molar-refractivity contribution in [2.24, 2.45) is 5.92 Å². The highest BCUT2D eigenvalue weighted by Crippen LogP contribution is 2.47. The van der Waals surface area contributed by atoms with Crippen LogP contribution in [0.25, 0.3) is 0 Å². The van der Waals surface area contributed by atoms with Crippen molar-refractivity contribution in [2.75, 3.05) is 0 Å². The Morgan fingerprint density at radius 2 is 2.00 bits per heavy atom. The Bertz CT molecular complexity index is 457. The van der Waals surface area contributed by atoms with E-state index in [0.717, 1.165) is 12.1 Å². The molecule has 1 saturated carbocycles. The lowest BCUT2D eigenvalue weighted by atomic mass is 9.85. The molecule has 2 rings (SSSR count). The number of halogens is 2. The molecular formula is C12H12F2O3. The third-order valence-corrected chi connectivity index (χ3v) is 3.09. The number of carboxylic acids is 1. The van der Waals surface area contributed by atoms with Crippen molar-refractivity contribution in [2.45, 2.75) is 24.9 Å². The third kappa shape index (κ3) is 2.29. The first kappa shape index (κ1) is 12.0. The quantitative estimate of drug-likeness (QED) is 0.849. The molecular weight excluding hydrogens is 230 g/mol. The highest BCUT2D eigenvalue weighted by atomic mass is 19.2. The zero-order valence-corrected chi connectivity index (χ0v) is 8.99. The summed E-state index contributed by atoms with van der Waals surface area (Å²) < 4.78 is 25.9. The van der Waals surface area contributed by atoms with Gasteiger partial charge in [-0.3, -0.25) is 4.79 Å². The summed E-state index contributed by atoms with van der Waals surface area (Å²) in [7, 11) is 0. The Kier molecular flexibility index (Phi) is 2.87. The summed E-state index contributed by atoms with van der Waals surface area (Å²) in [5.74, 6) is -3.44. The SMILES string of the molecule is O=C(O)CC(O)(c1ccc(F)c(F)c1)C1CC1. The molecule has 0 saturated heterocycles. The molecule has 0 bridgehead atoms. The smallest absolute Gasteiger partial charge is 0.306 e. The predicted molar refractivity (Wildman–Crippen MR) is 55.2 cm³/mol. The van der Waals surface area contributed by atoms with Gasteiger partial charge >= 0.3 is 5.97 Å². The second-order valence-corrected chi connectivity index (χ2v) is 4.40. The van der Waals surface area contributed by atoms with Crippen molar-refractivity contribution in [1.29, 1.82) is 0 Å². The lowest BCUT2D eigenvalue weighted by Crippen LogP contribution is -2.31. The molecule has 0 spiro atoms. The highest BCUT2D eigenvalue weighted by Gasteiger charge is 2.46. The Morgan fingerprint density at radius 1 is 1.35 bits per heavy atom. The van der Waals surface area contributed by atoms with E-state index in [4.69, 9.17) is 5.11 Å². The van der Waals surface area contributed by atoms with Gasteiger partial charge in [-0.2, -0.15) is 0 Å². The molecule has 17 heavy (non-hydrogen) atoms. The van der Waals surface area contributed by atoms with E-state index in [1.807, 2.05) is 0 Å². The largest absolute Gasteiger partial charge is 0.481 e. The molecule has 1 aliphatic rings. The van der Waals surface area contributed by atoms with Crippen LogP contribution in [0, 0.1) is 17.6 Å². The van der Waals surface area contributed by atoms with Gasteiger partial charge < -0.3 is 10.2 Å². The van der Waals surface area contributed by atoms with Crippen LogP contribution in [0.1, 0.15) is 24.8 Å². The van der Waals surface area contributed by atoms with Crippen molar-refractivity contribution in [3.63, 3.8) is 0 Å². The normalized spacial score (nSPS) is 18.8. The lowest BCUT2D eigenvalue weighted by Gasteiger charge is -2.27. The van der Waals surface area contributed by atoms with Crippen LogP contribution in [0.5, 0.6) is 0 Å². The Balaban J connectivity index is 2.38. The maximum Gasteiger partial charge on any atom is 0.306 e. The topological polar surface area (TPSA) is 57.5 Å². The first-order valence-electron chi connectivity index (χ1n) is 5.33. The zero-order valence-electron chi connectivity index (χ0n) is 8.99. The molecule has 0 radical (unpaired) electrons. The van der Waals surface area contributed by atoms with Gasteiger partial charge in [0.15, 0.2) is 11.6 Å². The number of carbonyl (C=O) groups is 1. The standard InChI is InChI=1S/C12H12F2O3/c13-9-4-3-8(5-10(9)14)12(17,6-11(15)16)7-1-2-7/h3-5,7,17H,1-2,6H2,(H,15,16). The van der Waals surface area contributed by atoms with Crippen LogP contribution in [0.3, 0.4) is 0 Å². The summed E-state index contributed by atoms with van der Waals surface area (Å²) in [5.41, 5.74) is -1.47. The van der Waals surface area contributed by atoms with E-state index in [2.05, 4.69) is 0 Å². The summed E-state index contributed by atoms with van der Waals surface area (Å²) in [4.78, 5) is 10.7. The highest BCUT2D eigenvalue weighted by molar-refractivity contribution is 5.68. The number of aliphatic hydroxyl groups is 1. The first-order chi connectivity index (χ1) is 7.93. The van der Waals surface area contributed by atoms with Crippen LogP contribution in [0.4, 0.5) is 8.78 Å². The maximum absolute atomic E-state index is 13.1. The Hall–Kier alpha value is -1.49. The van der Waals surface area contributed by atoms with E-state index in [1.165, 1.54) is 6.07 Å². The average Bonchev–Trinajstić information content (AvgIpc) is 3.04. The van der Waals surface area contributed by atoms with Gasteiger partial charge in [-0.15, -0.1) is 0 Å². The number of carboxylic acid groups (broad SMARTS) is 1. The minimum Gasteiger partial charge on any atom is -0.481 e. The van der Waals surface area contributed by atoms with Crippen LogP contribution in [-0.2, 0) is 10.4 Å². The number of aliphatic carboxylic acids is 1. The zero-order chi connectivity index (χ0) is 12.6. The predicted octanol–water partition coefficient (Wildman–Crippen LogP) is 2.04. The number of rotatable bonds is 4. The van der Waals surface area contributed by atoms with Gasteiger partial charge in [-0.25, -0.2) is 8.78 Å². The van der Waals surface area contributed by atoms with Crippen LogP contribution < -0.4 is 0 Å². The summed E-state index contributed by atoms with van der Waals surface area (Å²) in [6.45, 7) is 0.